The number of allylic oxidation sites excluding steroid dienone is 2. The molecule has 1 aromatic rings. The average Bonchev–Trinajstić information content (AvgIpc) is 2.47. The minimum absolute atomic E-state index is 0.0181. The molecular formula is C17H22N2O2. The number of rotatable bonds is 4. The van der Waals surface area contributed by atoms with Gasteiger partial charge in [-0.05, 0) is 26.7 Å². The Bertz CT molecular complexity index is 553. The van der Waals surface area contributed by atoms with Gasteiger partial charge in [0.1, 0.15) is 0 Å². The minimum atomic E-state index is -0.216. The molecule has 2 N–H and O–H groups in total. The van der Waals surface area contributed by atoms with E-state index < -0.39 is 0 Å². The Morgan fingerprint density at radius 3 is 2.29 bits per heavy atom. The Morgan fingerprint density at radius 2 is 1.76 bits per heavy atom. The Hall–Kier alpha value is -2.10. The summed E-state index contributed by atoms with van der Waals surface area (Å²) in [7, 11) is 0. The van der Waals surface area contributed by atoms with Crippen LogP contribution in [0.25, 0.3) is 0 Å². The quantitative estimate of drug-likeness (QED) is 0.682. The van der Waals surface area contributed by atoms with Gasteiger partial charge in [-0.3, -0.25) is 9.59 Å². The van der Waals surface area contributed by atoms with E-state index in [1.807, 2.05) is 38.1 Å². The molecule has 1 amide bonds. The Kier molecular flexibility index (Phi) is 4.78. The van der Waals surface area contributed by atoms with Crippen molar-refractivity contribution < 1.29 is 9.59 Å². The van der Waals surface area contributed by atoms with Crippen molar-refractivity contribution in [3.8, 4) is 0 Å². The van der Waals surface area contributed by atoms with E-state index >= 15 is 0 Å². The highest BCUT2D eigenvalue weighted by Gasteiger charge is 2.23. The zero-order chi connectivity index (χ0) is 15.4. The number of carbonyl (C=O) groups excluding carboxylic acids is 2. The van der Waals surface area contributed by atoms with Gasteiger partial charge in [-0.1, -0.05) is 29.8 Å². The lowest BCUT2D eigenvalue weighted by molar-refractivity contribution is -0.123. The van der Waals surface area contributed by atoms with Crippen LogP contribution in [0.2, 0.25) is 0 Å². The summed E-state index contributed by atoms with van der Waals surface area (Å²) in [5.41, 5.74) is 8.12. The molecule has 0 spiro atoms. The molecule has 1 aliphatic heterocycles. The number of aryl methyl sites for hydroxylation is 1. The van der Waals surface area contributed by atoms with Crippen LogP contribution in [0.1, 0.15) is 35.7 Å². The number of amides is 1. The molecule has 0 saturated carbocycles. The van der Waals surface area contributed by atoms with Gasteiger partial charge in [-0.15, -0.1) is 0 Å². The Morgan fingerprint density at radius 1 is 1.19 bits per heavy atom. The van der Waals surface area contributed by atoms with Gasteiger partial charge in [0.15, 0.2) is 5.78 Å². The molecule has 0 bridgehead atoms. The van der Waals surface area contributed by atoms with E-state index in [4.69, 9.17) is 5.73 Å². The number of primary amides is 1. The third-order valence-electron chi connectivity index (χ3n) is 4.07. The molecule has 2 rings (SSSR count). The summed E-state index contributed by atoms with van der Waals surface area (Å²) in [6, 6.07) is 7.57. The van der Waals surface area contributed by atoms with E-state index in [1.54, 1.807) is 6.08 Å². The van der Waals surface area contributed by atoms with Gasteiger partial charge in [0, 0.05) is 36.3 Å². The largest absolute Gasteiger partial charge is 0.375 e. The summed E-state index contributed by atoms with van der Waals surface area (Å²) in [6.07, 6.45) is 3.20. The lowest BCUT2D eigenvalue weighted by atomic mass is 9.96. The van der Waals surface area contributed by atoms with Crippen molar-refractivity contribution in [1.29, 1.82) is 0 Å². The fourth-order valence-electron chi connectivity index (χ4n) is 2.60. The first kappa shape index (κ1) is 15.3. The zero-order valence-corrected chi connectivity index (χ0v) is 12.6. The number of ketones is 1. The smallest absolute Gasteiger partial charge is 0.220 e. The number of benzene rings is 1. The van der Waals surface area contributed by atoms with Gasteiger partial charge in [-0.25, -0.2) is 0 Å². The second kappa shape index (κ2) is 6.57. The second-order valence-corrected chi connectivity index (χ2v) is 5.68. The van der Waals surface area contributed by atoms with E-state index in [0.717, 1.165) is 37.2 Å². The van der Waals surface area contributed by atoms with Crippen LogP contribution in [0.5, 0.6) is 0 Å². The standard InChI is InChI=1S/C17H22N2O2/c1-12-3-5-14(6-4-12)16(20)11-13(2)19-9-7-15(8-10-19)17(18)21/h3-6,11,15H,7-10H2,1-2H3,(H2,18,21)/b13-11-. The highest BCUT2D eigenvalue weighted by atomic mass is 16.1. The van der Waals surface area contributed by atoms with Crippen LogP contribution in [0, 0.1) is 12.8 Å². The molecule has 1 aliphatic rings. The number of hydrogen-bond acceptors (Lipinski definition) is 3. The molecule has 1 fully saturated rings. The zero-order valence-electron chi connectivity index (χ0n) is 12.6. The molecule has 1 heterocycles. The monoisotopic (exact) mass is 286 g/mol. The van der Waals surface area contributed by atoms with Crippen molar-refractivity contribution in [2.75, 3.05) is 13.1 Å². The van der Waals surface area contributed by atoms with Crippen molar-refractivity contribution in [3.05, 3.63) is 47.2 Å². The summed E-state index contributed by atoms with van der Waals surface area (Å²) in [4.78, 5) is 25.5. The summed E-state index contributed by atoms with van der Waals surface area (Å²) >= 11 is 0. The fraction of sp³-hybridized carbons (Fsp3) is 0.412. The van der Waals surface area contributed by atoms with E-state index in [2.05, 4.69) is 4.90 Å². The van der Waals surface area contributed by atoms with Crippen molar-refractivity contribution >= 4 is 11.7 Å². The number of carbonyl (C=O) groups is 2. The maximum Gasteiger partial charge on any atom is 0.220 e. The van der Waals surface area contributed by atoms with Gasteiger partial charge in [0.25, 0.3) is 0 Å². The van der Waals surface area contributed by atoms with Crippen molar-refractivity contribution in [3.63, 3.8) is 0 Å². The SMILES string of the molecule is C/C(=C/C(=O)c1ccc(C)cc1)N1CCC(C(N)=O)CC1. The lowest BCUT2D eigenvalue weighted by Crippen LogP contribution is -2.37. The molecule has 4 heteroatoms. The molecule has 0 aromatic heterocycles. The molecule has 0 atom stereocenters. The Labute approximate surface area is 125 Å². The molecule has 1 aromatic carbocycles. The normalized spacial score (nSPS) is 16.9. The number of likely N-dealkylation sites (tertiary alicyclic amines) is 1. The van der Waals surface area contributed by atoms with Crippen molar-refractivity contribution in [2.24, 2.45) is 11.7 Å². The molecule has 0 aliphatic carbocycles. The summed E-state index contributed by atoms with van der Waals surface area (Å²) in [5.74, 6) is -0.224. The third-order valence-corrected chi connectivity index (χ3v) is 4.07. The molecular weight excluding hydrogens is 264 g/mol. The number of nitrogens with zero attached hydrogens (tertiary/aromatic N) is 1. The van der Waals surface area contributed by atoms with Crippen LogP contribution in [0.3, 0.4) is 0 Å². The van der Waals surface area contributed by atoms with Gasteiger partial charge < -0.3 is 10.6 Å². The number of nitrogens with two attached hydrogens (primary N) is 1. The average molecular weight is 286 g/mol. The topological polar surface area (TPSA) is 63.4 Å². The van der Waals surface area contributed by atoms with Gasteiger partial charge >= 0.3 is 0 Å². The molecule has 1 saturated heterocycles. The minimum Gasteiger partial charge on any atom is -0.375 e. The maximum absolute atomic E-state index is 12.2. The van der Waals surface area contributed by atoms with Gasteiger partial charge in [0.05, 0.1) is 0 Å². The van der Waals surface area contributed by atoms with Gasteiger partial charge in [-0.2, -0.15) is 0 Å². The molecule has 0 radical (unpaired) electrons. The van der Waals surface area contributed by atoms with Crippen LogP contribution in [-0.4, -0.2) is 29.7 Å². The van der Waals surface area contributed by atoms with E-state index in [-0.39, 0.29) is 17.6 Å². The van der Waals surface area contributed by atoms with Crippen molar-refractivity contribution in [2.45, 2.75) is 26.7 Å². The lowest BCUT2D eigenvalue weighted by Gasteiger charge is -2.32. The van der Waals surface area contributed by atoms with E-state index in [9.17, 15) is 9.59 Å². The molecule has 0 unspecified atom stereocenters. The summed E-state index contributed by atoms with van der Waals surface area (Å²) in [6.45, 7) is 5.49. The predicted molar refractivity (Wildman–Crippen MR) is 82.8 cm³/mol. The maximum atomic E-state index is 12.2. The van der Waals surface area contributed by atoms with Crippen LogP contribution < -0.4 is 5.73 Å². The third kappa shape index (κ3) is 3.94. The Balaban J connectivity index is 1.99. The first-order chi connectivity index (χ1) is 9.97. The van der Waals surface area contributed by atoms with E-state index in [0.29, 0.717) is 5.56 Å². The summed E-state index contributed by atoms with van der Waals surface area (Å²) < 4.78 is 0. The van der Waals surface area contributed by atoms with Crippen LogP contribution >= 0.6 is 0 Å². The predicted octanol–water partition coefficient (Wildman–Crippen LogP) is 2.28. The first-order valence-electron chi connectivity index (χ1n) is 7.31. The second-order valence-electron chi connectivity index (χ2n) is 5.68. The molecule has 21 heavy (non-hydrogen) atoms. The van der Waals surface area contributed by atoms with Crippen LogP contribution in [0.4, 0.5) is 0 Å². The van der Waals surface area contributed by atoms with E-state index in [1.165, 1.54) is 0 Å². The first-order valence-corrected chi connectivity index (χ1v) is 7.31. The van der Waals surface area contributed by atoms with Crippen LogP contribution in [0.15, 0.2) is 36.0 Å². The van der Waals surface area contributed by atoms with Crippen LogP contribution in [-0.2, 0) is 4.79 Å². The number of hydrogen-bond donors (Lipinski definition) is 1. The molecule has 4 nitrogen and oxygen atoms in total. The highest BCUT2D eigenvalue weighted by Crippen LogP contribution is 2.20. The van der Waals surface area contributed by atoms with Gasteiger partial charge in [0.2, 0.25) is 5.91 Å². The molecule has 112 valence electrons. The van der Waals surface area contributed by atoms with Crippen molar-refractivity contribution in [1.82, 2.24) is 4.90 Å². The number of piperidine rings is 1. The highest BCUT2D eigenvalue weighted by molar-refractivity contribution is 6.04. The fourth-order valence-corrected chi connectivity index (χ4v) is 2.60. The summed E-state index contributed by atoms with van der Waals surface area (Å²) in [5, 5.41) is 0.